The van der Waals surface area contributed by atoms with E-state index in [-0.39, 0.29) is 17.5 Å². The van der Waals surface area contributed by atoms with Crippen LogP contribution in [0.3, 0.4) is 0 Å². The molecule has 0 unspecified atom stereocenters. The van der Waals surface area contributed by atoms with Gasteiger partial charge in [0.15, 0.2) is 11.4 Å². The summed E-state index contributed by atoms with van der Waals surface area (Å²) in [6.07, 6.45) is -0.285. The second-order valence-electron chi connectivity index (χ2n) is 8.08. The molecule has 1 amide bonds. The van der Waals surface area contributed by atoms with Crippen molar-refractivity contribution in [2.24, 2.45) is 23.3 Å². The lowest BCUT2D eigenvalue weighted by Gasteiger charge is -2.51. The van der Waals surface area contributed by atoms with E-state index in [2.05, 4.69) is 0 Å². The summed E-state index contributed by atoms with van der Waals surface area (Å²) >= 11 is 0. The number of aliphatic hydroxyl groups is 4. The minimum Gasteiger partial charge on any atom is -0.508 e. The monoisotopic (exact) mass is 416 g/mol. The van der Waals surface area contributed by atoms with Gasteiger partial charge in [-0.25, -0.2) is 0 Å². The van der Waals surface area contributed by atoms with E-state index in [9.17, 15) is 39.9 Å². The van der Waals surface area contributed by atoms with E-state index in [4.69, 9.17) is 11.5 Å². The molecule has 3 aliphatic carbocycles. The Morgan fingerprint density at radius 3 is 2.40 bits per heavy atom. The Kier molecular flexibility index (Phi) is 3.95. The highest BCUT2D eigenvalue weighted by molar-refractivity contribution is 6.24. The number of Topliss-reactive ketones (excluding diaryl/α,β-unsaturated/α-hetero) is 2. The summed E-state index contributed by atoms with van der Waals surface area (Å²) in [7, 11) is 0. The third-order valence-electron chi connectivity index (χ3n) is 6.55. The van der Waals surface area contributed by atoms with E-state index >= 15 is 0 Å². The second-order valence-corrected chi connectivity index (χ2v) is 8.08. The standard InChI is InChI=1S/C20H20N2O8/c1-19(29)6-3-2-4-9(23)10(6)14(24)11-7(19)5-8-13(21)15(25)12(18(22)28)17(27)20(8,30)16(11)26/h2-4,7-8,13,23-24,27,29-30H,5,21H2,1H3,(H2,22,28)/t7-,8-,13-,19+,20-/m0/s1. The second kappa shape index (κ2) is 5.91. The van der Waals surface area contributed by atoms with Gasteiger partial charge in [-0.15, -0.1) is 0 Å². The van der Waals surface area contributed by atoms with Crippen molar-refractivity contribution in [2.75, 3.05) is 0 Å². The van der Waals surface area contributed by atoms with Gasteiger partial charge in [-0.1, -0.05) is 12.1 Å². The fraction of sp³-hybridized carbons (Fsp3) is 0.350. The van der Waals surface area contributed by atoms with Crippen LogP contribution in [0.25, 0.3) is 5.76 Å². The predicted octanol–water partition coefficient (Wildman–Crippen LogP) is -0.974. The summed E-state index contributed by atoms with van der Waals surface area (Å²) in [6.45, 7) is 1.36. The van der Waals surface area contributed by atoms with Crippen LogP contribution in [-0.2, 0) is 20.0 Å². The van der Waals surface area contributed by atoms with Crippen LogP contribution in [0.2, 0.25) is 0 Å². The Bertz CT molecular complexity index is 1100. The minimum absolute atomic E-state index is 0.139. The Balaban J connectivity index is 2.04. The van der Waals surface area contributed by atoms with Gasteiger partial charge in [0.2, 0.25) is 5.78 Å². The number of hydrogen-bond acceptors (Lipinski definition) is 9. The highest BCUT2D eigenvalue weighted by atomic mass is 16.3. The maximum absolute atomic E-state index is 13.4. The first-order chi connectivity index (χ1) is 13.9. The number of hydrogen-bond donors (Lipinski definition) is 7. The highest BCUT2D eigenvalue weighted by Gasteiger charge is 2.65. The molecule has 0 aromatic heterocycles. The fourth-order valence-electron chi connectivity index (χ4n) is 4.97. The van der Waals surface area contributed by atoms with E-state index in [1.165, 1.54) is 25.1 Å². The van der Waals surface area contributed by atoms with Crippen LogP contribution in [-0.4, -0.2) is 54.6 Å². The number of ketones is 2. The van der Waals surface area contributed by atoms with Crippen molar-refractivity contribution in [3.8, 4) is 5.75 Å². The third kappa shape index (κ3) is 2.15. The van der Waals surface area contributed by atoms with E-state index in [1.807, 2.05) is 0 Å². The molecule has 0 bridgehead atoms. The number of rotatable bonds is 1. The molecule has 30 heavy (non-hydrogen) atoms. The normalized spacial score (nSPS) is 35.7. The van der Waals surface area contributed by atoms with E-state index in [0.29, 0.717) is 0 Å². The molecule has 0 heterocycles. The van der Waals surface area contributed by atoms with Crippen LogP contribution in [0.1, 0.15) is 24.5 Å². The molecule has 3 aliphatic rings. The van der Waals surface area contributed by atoms with Crippen molar-refractivity contribution in [2.45, 2.75) is 30.6 Å². The van der Waals surface area contributed by atoms with Crippen molar-refractivity contribution in [1.29, 1.82) is 0 Å². The van der Waals surface area contributed by atoms with E-state index in [0.717, 1.165) is 0 Å². The van der Waals surface area contributed by atoms with E-state index < -0.39 is 75.0 Å². The molecular weight excluding hydrogens is 396 g/mol. The topological polar surface area (TPSA) is 204 Å². The Morgan fingerprint density at radius 1 is 1.17 bits per heavy atom. The lowest BCUT2D eigenvalue weighted by Crippen LogP contribution is -2.66. The number of aliphatic hydroxyl groups excluding tert-OH is 2. The maximum atomic E-state index is 13.4. The summed E-state index contributed by atoms with van der Waals surface area (Å²) in [6, 6.07) is 2.59. The molecule has 0 spiro atoms. The first kappa shape index (κ1) is 20.1. The Morgan fingerprint density at radius 2 is 1.80 bits per heavy atom. The third-order valence-corrected chi connectivity index (χ3v) is 6.55. The maximum Gasteiger partial charge on any atom is 0.255 e. The van der Waals surface area contributed by atoms with Gasteiger partial charge in [0.25, 0.3) is 5.91 Å². The van der Waals surface area contributed by atoms with Crippen molar-refractivity contribution in [1.82, 2.24) is 0 Å². The van der Waals surface area contributed by atoms with Crippen LogP contribution in [0.5, 0.6) is 5.75 Å². The summed E-state index contributed by atoms with van der Waals surface area (Å²) in [5, 5.41) is 54.0. The van der Waals surface area contributed by atoms with Gasteiger partial charge in [0.05, 0.1) is 17.2 Å². The summed E-state index contributed by atoms with van der Waals surface area (Å²) < 4.78 is 0. The quantitative estimate of drug-likeness (QED) is 0.281. The summed E-state index contributed by atoms with van der Waals surface area (Å²) in [5.41, 5.74) is 4.95. The Hall–Kier alpha value is -3.21. The number of amides is 1. The number of carbonyl (C=O) groups excluding carboxylic acids is 3. The predicted molar refractivity (Wildman–Crippen MR) is 101 cm³/mol. The van der Waals surface area contributed by atoms with Crippen LogP contribution < -0.4 is 11.5 Å². The first-order valence-electron chi connectivity index (χ1n) is 9.15. The number of phenolic OH excluding ortho intramolecular Hbond substituents is 1. The number of fused-ring (bicyclic) bond motifs is 3. The largest absolute Gasteiger partial charge is 0.508 e. The molecule has 9 N–H and O–H groups in total. The van der Waals surface area contributed by atoms with Crippen LogP contribution >= 0.6 is 0 Å². The highest BCUT2D eigenvalue weighted by Crippen LogP contribution is 2.56. The molecule has 10 nitrogen and oxygen atoms in total. The molecular formula is C20H20N2O8. The average molecular weight is 416 g/mol. The first-order valence-corrected chi connectivity index (χ1v) is 9.15. The van der Waals surface area contributed by atoms with Crippen molar-refractivity contribution < 1.29 is 39.9 Å². The molecule has 1 aromatic carbocycles. The molecule has 1 saturated carbocycles. The van der Waals surface area contributed by atoms with Gasteiger partial charge in [-0.2, -0.15) is 0 Å². The zero-order valence-corrected chi connectivity index (χ0v) is 15.8. The molecule has 1 aromatic rings. The van der Waals surface area contributed by atoms with Gasteiger partial charge in [-0.05, 0) is 25.0 Å². The SMILES string of the molecule is C[C@@]1(O)c2cccc(O)c2C(O)=C2C(=O)[C@]3(O)C(O)=C(C(N)=O)C(=O)[C@@H](N)[C@@H]3C[C@@H]21. The van der Waals surface area contributed by atoms with Gasteiger partial charge < -0.3 is 37.0 Å². The minimum atomic E-state index is -2.81. The summed E-state index contributed by atoms with van der Waals surface area (Å²) in [5.74, 6) is -8.49. The fourth-order valence-corrected chi connectivity index (χ4v) is 4.97. The molecule has 4 rings (SSSR count). The van der Waals surface area contributed by atoms with Crippen LogP contribution in [0.15, 0.2) is 35.1 Å². The Labute approximate surface area is 169 Å². The lowest BCUT2D eigenvalue weighted by atomic mass is 9.55. The molecule has 0 aliphatic heterocycles. The van der Waals surface area contributed by atoms with Gasteiger partial charge in [-0.3, -0.25) is 14.4 Å². The molecule has 5 atom stereocenters. The number of phenols is 1. The van der Waals surface area contributed by atoms with Gasteiger partial charge in [0, 0.05) is 17.4 Å². The molecule has 1 fully saturated rings. The smallest absolute Gasteiger partial charge is 0.255 e. The summed E-state index contributed by atoms with van der Waals surface area (Å²) in [4.78, 5) is 37.6. The number of aromatic hydroxyl groups is 1. The molecule has 0 saturated heterocycles. The molecule has 158 valence electrons. The lowest BCUT2D eigenvalue weighted by molar-refractivity contribution is -0.154. The average Bonchev–Trinajstić information content (AvgIpc) is 2.66. The van der Waals surface area contributed by atoms with Crippen LogP contribution in [0.4, 0.5) is 0 Å². The number of nitrogens with two attached hydrogens (primary N) is 2. The van der Waals surface area contributed by atoms with E-state index in [1.54, 1.807) is 0 Å². The number of carbonyl (C=O) groups is 3. The van der Waals surface area contributed by atoms with Crippen molar-refractivity contribution in [3.05, 3.63) is 46.2 Å². The molecule has 0 radical (unpaired) electrons. The molecule has 10 heteroatoms. The van der Waals surface area contributed by atoms with Crippen molar-refractivity contribution >= 4 is 23.2 Å². The number of primary amides is 1. The van der Waals surface area contributed by atoms with Gasteiger partial charge >= 0.3 is 0 Å². The zero-order chi connectivity index (χ0) is 22.3. The zero-order valence-electron chi connectivity index (χ0n) is 15.8. The van der Waals surface area contributed by atoms with Gasteiger partial charge in [0.1, 0.15) is 22.8 Å². The van der Waals surface area contributed by atoms with Crippen molar-refractivity contribution in [3.63, 3.8) is 0 Å². The number of benzene rings is 1. The van der Waals surface area contributed by atoms with Crippen LogP contribution in [0, 0.1) is 11.8 Å².